The van der Waals surface area contributed by atoms with Crippen LogP contribution in [0.2, 0.25) is 10.2 Å². The number of amides is 1. The minimum absolute atomic E-state index is 0.0265. The number of nitrogens with one attached hydrogen (secondary N) is 1. The monoisotopic (exact) mass is 324 g/mol. The van der Waals surface area contributed by atoms with Crippen LogP contribution in [-0.4, -0.2) is 22.0 Å². The zero-order valence-electron chi connectivity index (χ0n) is 10.9. The van der Waals surface area contributed by atoms with E-state index in [0.29, 0.717) is 11.3 Å². The lowest BCUT2D eigenvalue weighted by atomic mass is 10.2. The highest BCUT2D eigenvalue weighted by atomic mass is 35.5. The van der Waals surface area contributed by atoms with Crippen LogP contribution in [0.25, 0.3) is 0 Å². The second-order valence-corrected chi connectivity index (χ2v) is 5.07. The Bertz CT molecular complexity index is 712. The zero-order chi connectivity index (χ0) is 15.6. The molecule has 2 aromatic rings. The summed E-state index contributed by atoms with van der Waals surface area (Å²) in [4.78, 5) is 27.0. The van der Waals surface area contributed by atoms with Crippen LogP contribution in [-0.2, 0) is 0 Å². The number of carbonyl (C=O) groups is 2. The molecule has 0 unspecified atom stereocenters. The van der Waals surface area contributed by atoms with E-state index >= 15 is 0 Å². The van der Waals surface area contributed by atoms with E-state index in [0.717, 1.165) is 0 Å². The molecule has 0 aliphatic carbocycles. The van der Waals surface area contributed by atoms with E-state index in [2.05, 4.69) is 10.3 Å². The van der Waals surface area contributed by atoms with Crippen LogP contribution in [0, 0.1) is 6.92 Å². The number of pyridine rings is 1. The first-order valence-corrected chi connectivity index (χ1v) is 6.61. The first-order valence-electron chi connectivity index (χ1n) is 5.85. The van der Waals surface area contributed by atoms with Gasteiger partial charge in [0.2, 0.25) is 0 Å². The molecule has 1 aromatic carbocycles. The number of aromatic carboxylic acids is 1. The molecule has 0 radical (unpaired) electrons. The SMILES string of the molecule is Cc1cc(C(=O)Nc2cc(C(=O)O)ccc2Cl)cc(Cl)n1. The summed E-state index contributed by atoms with van der Waals surface area (Å²) in [6, 6.07) is 7.03. The Balaban J connectivity index is 2.31. The lowest BCUT2D eigenvalue weighted by molar-refractivity contribution is 0.0696. The maximum absolute atomic E-state index is 12.1. The van der Waals surface area contributed by atoms with Crippen molar-refractivity contribution in [2.24, 2.45) is 0 Å². The lowest BCUT2D eigenvalue weighted by Gasteiger charge is -2.09. The van der Waals surface area contributed by atoms with E-state index in [1.165, 1.54) is 24.3 Å². The molecule has 0 saturated heterocycles. The van der Waals surface area contributed by atoms with E-state index in [1.54, 1.807) is 13.0 Å². The molecule has 0 bridgehead atoms. The Labute approximate surface area is 130 Å². The van der Waals surface area contributed by atoms with Gasteiger partial charge in [-0.25, -0.2) is 9.78 Å². The van der Waals surface area contributed by atoms with Crippen molar-refractivity contribution in [3.8, 4) is 0 Å². The van der Waals surface area contributed by atoms with E-state index in [-0.39, 0.29) is 21.4 Å². The summed E-state index contributed by atoms with van der Waals surface area (Å²) in [5.74, 6) is -1.56. The van der Waals surface area contributed by atoms with Crippen LogP contribution >= 0.6 is 23.2 Å². The molecule has 7 heteroatoms. The standard InChI is InChI=1S/C14H10Cl2N2O3/c1-7-4-9(6-12(16)17-7)13(19)18-11-5-8(14(20)21)2-3-10(11)15/h2-6H,1H3,(H,18,19)(H,20,21). The van der Waals surface area contributed by atoms with Crippen LogP contribution < -0.4 is 5.32 Å². The number of hydrogen-bond donors (Lipinski definition) is 2. The summed E-state index contributed by atoms with van der Waals surface area (Å²) in [7, 11) is 0. The summed E-state index contributed by atoms with van der Waals surface area (Å²) >= 11 is 11.7. The quantitative estimate of drug-likeness (QED) is 0.844. The summed E-state index contributed by atoms with van der Waals surface area (Å²) in [6.45, 7) is 1.71. The van der Waals surface area contributed by atoms with Crippen molar-refractivity contribution < 1.29 is 14.7 Å². The van der Waals surface area contributed by atoms with Gasteiger partial charge in [-0.15, -0.1) is 0 Å². The van der Waals surface area contributed by atoms with Gasteiger partial charge in [-0.2, -0.15) is 0 Å². The van der Waals surface area contributed by atoms with E-state index in [4.69, 9.17) is 28.3 Å². The van der Waals surface area contributed by atoms with Crippen LogP contribution in [0.1, 0.15) is 26.4 Å². The Kier molecular flexibility index (Phi) is 4.45. The van der Waals surface area contributed by atoms with E-state index in [1.807, 2.05) is 0 Å². The molecule has 1 amide bonds. The van der Waals surface area contributed by atoms with Gasteiger partial charge in [0, 0.05) is 11.3 Å². The minimum Gasteiger partial charge on any atom is -0.478 e. The molecule has 0 atom stereocenters. The Morgan fingerprint density at radius 3 is 2.48 bits per heavy atom. The average molecular weight is 325 g/mol. The lowest BCUT2D eigenvalue weighted by Crippen LogP contribution is -2.13. The molecular formula is C14H10Cl2N2O3. The maximum Gasteiger partial charge on any atom is 0.335 e. The highest BCUT2D eigenvalue weighted by Crippen LogP contribution is 2.24. The third-order valence-corrected chi connectivity index (χ3v) is 3.17. The number of hydrogen-bond acceptors (Lipinski definition) is 3. The number of anilines is 1. The fourth-order valence-corrected chi connectivity index (χ4v) is 2.12. The third kappa shape index (κ3) is 3.71. The molecule has 2 N–H and O–H groups in total. The normalized spacial score (nSPS) is 10.2. The zero-order valence-corrected chi connectivity index (χ0v) is 12.4. The Morgan fingerprint density at radius 2 is 1.86 bits per heavy atom. The predicted octanol–water partition coefficient (Wildman–Crippen LogP) is 3.65. The summed E-state index contributed by atoms with van der Waals surface area (Å²) in [6.07, 6.45) is 0. The van der Waals surface area contributed by atoms with Gasteiger partial charge in [0.1, 0.15) is 5.15 Å². The fraction of sp³-hybridized carbons (Fsp3) is 0.0714. The number of benzene rings is 1. The van der Waals surface area contributed by atoms with Gasteiger partial charge in [-0.1, -0.05) is 23.2 Å². The molecule has 2 rings (SSSR count). The minimum atomic E-state index is -1.11. The fourth-order valence-electron chi connectivity index (χ4n) is 1.71. The van der Waals surface area contributed by atoms with Crippen LogP contribution in [0.4, 0.5) is 5.69 Å². The topological polar surface area (TPSA) is 79.3 Å². The van der Waals surface area contributed by atoms with Crippen molar-refractivity contribution in [2.75, 3.05) is 5.32 Å². The second-order valence-electron chi connectivity index (χ2n) is 4.27. The highest BCUT2D eigenvalue weighted by molar-refractivity contribution is 6.34. The largest absolute Gasteiger partial charge is 0.478 e. The Morgan fingerprint density at radius 1 is 1.14 bits per heavy atom. The third-order valence-electron chi connectivity index (χ3n) is 2.65. The van der Waals surface area contributed by atoms with Crippen molar-refractivity contribution in [1.82, 2.24) is 4.98 Å². The van der Waals surface area contributed by atoms with Gasteiger partial charge in [0.05, 0.1) is 16.3 Å². The van der Waals surface area contributed by atoms with Gasteiger partial charge in [-0.3, -0.25) is 4.79 Å². The van der Waals surface area contributed by atoms with Gasteiger partial charge >= 0.3 is 5.97 Å². The summed E-state index contributed by atoms with van der Waals surface area (Å²) < 4.78 is 0. The summed E-state index contributed by atoms with van der Waals surface area (Å²) in [5.41, 5.74) is 1.15. The molecule has 0 spiro atoms. The number of nitrogens with zero attached hydrogens (tertiary/aromatic N) is 1. The number of halogens is 2. The molecule has 0 fully saturated rings. The van der Waals surface area contributed by atoms with Crippen LogP contribution in [0.3, 0.4) is 0 Å². The number of carbonyl (C=O) groups excluding carboxylic acids is 1. The van der Waals surface area contributed by atoms with Gasteiger partial charge < -0.3 is 10.4 Å². The number of carboxylic acid groups (broad SMARTS) is 1. The van der Waals surface area contributed by atoms with E-state index < -0.39 is 11.9 Å². The van der Waals surface area contributed by atoms with Gasteiger partial charge in [-0.05, 0) is 37.3 Å². The van der Waals surface area contributed by atoms with Crippen molar-refractivity contribution in [3.63, 3.8) is 0 Å². The number of aromatic nitrogens is 1. The van der Waals surface area contributed by atoms with E-state index in [9.17, 15) is 9.59 Å². The smallest absolute Gasteiger partial charge is 0.335 e. The van der Waals surface area contributed by atoms with Gasteiger partial charge in [0.15, 0.2) is 0 Å². The number of aryl methyl sites for hydroxylation is 1. The van der Waals surface area contributed by atoms with Gasteiger partial charge in [0.25, 0.3) is 5.91 Å². The highest BCUT2D eigenvalue weighted by Gasteiger charge is 2.12. The Hall–Kier alpha value is -2.11. The molecule has 21 heavy (non-hydrogen) atoms. The second kappa shape index (κ2) is 6.11. The van der Waals surface area contributed by atoms with Crippen molar-refractivity contribution in [1.29, 1.82) is 0 Å². The van der Waals surface area contributed by atoms with Crippen LogP contribution in [0.5, 0.6) is 0 Å². The maximum atomic E-state index is 12.1. The molecule has 1 heterocycles. The molecule has 5 nitrogen and oxygen atoms in total. The molecule has 0 saturated carbocycles. The molecule has 1 aromatic heterocycles. The molecule has 0 aliphatic heterocycles. The number of rotatable bonds is 3. The van der Waals surface area contributed by atoms with Crippen molar-refractivity contribution >= 4 is 40.8 Å². The predicted molar refractivity (Wildman–Crippen MR) is 80.3 cm³/mol. The van der Waals surface area contributed by atoms with Crippen LogP contribution in [0.15, 0.2) is 30.3 Å². The summed E-state index contributed by atoms with van der Waals surface area (Å²) in [5, 5.41) is 11.9. The number of carboxylic acids is 1. The van der Waals surface area contributed by atoms with Crippen molar-refractivity contribution in [2.45, 2.75) is 6.92 Å². The molecular weight excluding hydrogens is 315 g/mol. The first kappa shape index (κ1) is 15.3. The molecule has 108 valence electrons. The average Bonchev–Trinajstić information content (AvgIpc) is 2.39. The first-order chi connectivity index (χ1) is 9.86. The molecule has 0 aliphatic rings. The van der Waals surface area contributed by atoms with Crippen molar-refractivity contribution in [3.05, 3.63) is 57.3 Å².